The molecule has 1 aromatic rings. The van der Waals surface area contributed by atoms with Crippen molar-refractivity contribution in [1.82, 2.24) is 14.7 Å². The zero-order chi connectivity index (χ0) is 12.4. The zero-order valence-corrected chi connectivity index (χ0v) is 9.71. The summed E-state index contributed by atoms with van der Waals surface area (Å²) in [7, 11) is -3.88. The number of carboxylic acid groups (broad SMARTS) is 1. The molecular formula is C8H13N3O4S. The van der Waals surface area contributed by atoms with E-state index in [-0.39, 0.29) is 11.4 Å². The lowest BCUT2D eigenvalue weighted by atomic mass is 10.0. The van der Waals surface area contributed by atoms with E-state index >= 15 is 0 Å². The Morgan fingerprint density at radius 3 is 2.69 bits per heavy atom. The molecule has 0 amide bonds. The Morgan fingerprint density at radius 2 is 2.31 bits per heavy atom. The zero-order valence-electron chi connectivity index (χ0n) is 8.89. The number of aliphatic carboxylic acids is 1. The second-order valence-corrected chi connectivity index (χ2v) is 5.16. The molecule has 0 radical (unpaired) electrons. The van der Waals surface area contributed by atoms with Gasteiger partial charge in [0.25, 0.3) is 10.0 Å². The molecule has 0 aliphatic rings. The highest BCUT2D eigenvalue weighted by molar-refractivity contribution is 7.89. The smallest absolute Gasteiger partial charge is 0.324 e. The van der Waals surface area contributed by atoms with Crippen LogP contribution in [0.1, 0.15) is 20.3 Å². The maximum Gasteiger partial charge on any atom is 0.324 e. The minimum absolute atomic E-state index is 0.135. The van der Waals surface area contributed by atoms with Gasteiger partial charge in [-0.15, -0.1) is 0 Å². The average molecular weight is 247 g/mol. The van der Waals surface area contributed by atoms with Crippen LogP contribution in [0, 0.1) is 0 Å². The number of H-pyrrole nitrogens is 1. The minimum atomic E-state index is -3.88. The lowest BCUT2D eigenvalue weighted by Gasteiger charge is -2.23. The first-order chi connectivity index (χ1) is 7.32. The molecule has 0 saturated carbocycles. The quantitative estimate of drug-likeness (QED) is 0.674. The van der Waals surface area contributed by atoms with Gasteiger partial charge in [-0.3, -0.25) is 4.79 Å². The summed E-state index contributed by atoms with van der Waals surface area (Å²) in [5, 5.41) is 8.78. The lowest BCUT2D eigenvalue weighted by molar-refractivity contribution is -0.143. The van der Waals surface area contributed by atoms with E-state index < -0.39 is 21.5 Å². The predicted octanol–water partition coefficient (Wildman–Crippen LogP) is -0.0587. The summed E-state index contributed by atoms with van der Waals surface area (Å²) < 4.78 is 25.6. The van der Waals surface area contributed by atoms with Crippen molar-refractivity contribution in [2.75, 3.05) is 0 Å². The molecule has 0 aliphatic carbocycles. The summed E-state index contributed by atoms with van der Waals surface area (Å²) >= 11 is 0. The number of nitrogens with one attached hydrogen (secondary N) is 2. The number of imidazole rings is 1. The molecular weight excluding hydrogens is 234 g/mol. The normalized spacial score (nSPS) is 15.6. The number of aromatic amines is 1. The van der Waals surface area contributed by atoms with Crippen LogP contribution in [0.4, 0.5) is 0 Å². The Hall–Kier alpha value is -1.41. The third-order valence-corrected chi connectivity index (χ3v) is 3.82. The van der Waals surface area contributed by atoms with Crippen LogP contribution < -0.4 is 4.72 Å². The molecule has 1 unspecified atom stereocenters. The number of rotatable bonds is 5. The van der Waals surface area contributed by atoms with E-state index in [0.717, 1.165) is 6.20 Å². The standard InChI is InChI=1S/C8H13N3O4S/c1-3-8(2,7(12)13)11-16(14,15)6-4-9-5-10-6/h4-5,11H,3H2,1-2H3,(H,9,10)(H,12,13). The van der Waals surface area contributed by atoms with Gasteiger partial charge in [0.05, 0.1) is 12.5 Å². The van der Waals surface area contributed by atoms with Crippen LogP contribution in [-0.2, 0) is 14.8 Å². The molecule has 3 N–H and O–H groups in total. The first-order valence-electron chi connectivity index (χ1n) is 4.57. The van der Waals surface area contributed by atoms with Crippen molar-refractivity contribution in [3.8, 4) is 0 Å². The fourth-order valence-corrected chi connectivity index (χ4v) is 2.35. The van der Waals surface area contributed by atoms with E-state index in [4.69, 9.17) is 5.11 Å². The third-order valence-electron chi connectivity index (χ3n) is 2.30. The van der Waals surface area contributed by atoms with E-state index in [1.54, 1.807) is 6.92 Å². The Morgan fingerprint density at radius 1 is 1.69 bits per heavy atom. The highest BCUT2D eigenvalue weighted by Crippen LogP contribution is 2.14. The van der Waals surface area contributed by atoms with E-state index in [2.05, 4.69) is 14.7 Å². The van der Waals surface area contributed by atoms with Crippen LogP contribution in [-0.4, -0.2) is 35.0 Å². The van der Waals surface area contributed by atoms with Gasteiger partial charge in [-0.05, 0) is 13.3 Å². The summed E-state index contributed by atoms with van der Waals surface area (Å²) in [6.07, 6.45) is 2.45. The highest BCUT2D eigenvalue weighted by atomic mass is 32.2. The molecule has 7 nitrogen and oxygen atoms in total. The SMILES string of the molecule is CCC(C)(NS(=O)(=O)c1cnc[nH]1)C(=O)O. The van der Waals surface area contributed by atoms with Gasteiger partial charge in [-0.2, -0.15) is 4.72 Å². The summed E-state index contributed by atoms with van der Waals surface area (Å²) in [5.74, 6) is -1.22. The third kappa shape index (κ3) is 2.39. The van der Waals surface area contributed by atoms with Gasteiger partial charge in [-0.1, -0.05) is 6.92 Å². The van der Waals surface area contributed by atoms with Gasteiger partial charge in [0.15, 0.2) is 5.03 Å². The van der Waals surface area contributed by atoms with Crippen molar-refractivity contribution in [2.45, 2.75) is 30.8 Å². The monoisotopic (exact) mass is 247 g/mol. The second kappa shape index (κ2) is 4.22. The molecule has 0 fully saturated rings. The van der Waals surface area contributed by atoms with Gasteiger partial charge < -0.3 is 10.1 Å². The summed E-state index contributed by atoms with van der Waals surface area (Å²) in [4.78, 5) is 16.9. The number of aromatic nitrogens is 2. The average Bonchev–Trinajstić information content (AvgIpc) is 2.70. The van der Waals surface area contributed by atoms with Crippen molar-refractivity contribution in [3.63, 3.8) is 0 Å². The van der Waals surface area contributed by atoms with Crippen LogP contribution >= 0.6 is 0 Å². The molecule has 1 atom stereocenters. The second-order valence-electron chi connectivity index (χ2n) is 3.51. The maximum absolute atomic E-state index is 11.7. The molecule has 1 rings (SSSR count). The number of sulfonamides is 1. The summed E-state index contributed by atoms with van der Waals surface area (Å²) in [5.41, 5.74) is -1.52. The van der Waals surface area contributed by atoms with Crippen LogP contribution in [0.5, 0.6) is 0 Å². The molecule has 90 valence electrons. The number of carboxylic acids is 1. The highest BCUT2D eigenvalue weighted by Gasteiger charge is 2.36. The van der Waals surface area contributed by atoms with Crippen molar-refractivity contribution in [3.05, 3.63) is 12.5 Å². The molecule has 1 aromatic heterocycles. The molecule has 8 heteroatoms. The van der Waals surface area contributed by atoms with Crippen molar-refractivity contribution in [2.24, 2.45) is 0 Å². The van der Waals surface area contributed by atoms with E-state index in [1.807, 2.05) is 0 Å². The predicted molar refractivity (Wildman–Crippen MR) is 55.2 cm³/mol. The first-order valence-corrected chi connectivity index (χ1v) is 6.06. The molecule has 0 aromatic carbocycles. The number of nitrogens with zero attached hydrogens (tertiary/aromatic N) is 1. The molecule has 0 aliphatic heterocycles. The van der Waals surface area contributed by atoms with E-state index in [9.17, 15) is 13.2 Å². The van der Waals surface area contributed by atoms with E-state index in [1.165, 1.54) is 13.3 Å². The van der Waals surface area contributed by atoms with Gasteiger partial charge in [-0.25, -0.2) is 13.4 Å². The first kappa shape index (κ1) is 12.7. The van der Waals surface area contributed by atoms with Gasteiger partial charge >= 0.3 is 5.97 Å². The Balaban J connectivity index is 3.01. The van der Waals surface area contributed by atoms with Crippen LogP contribution in [0.3, 0.4) is 0 Å². The Labute approximate surface area is 93.0 Å². The topological polar surface area (TPSA) is 112 Å². The molecule has 0 saturated heterocycles. The van der Waals surface area contributed by atoms with Crippen molar-refractivity contribution >= 4 is 16.0 Å². The van der Waals surface area contributed by atoms with Gasteiger partial charge in [0, 0.05) is 0 Å². The number of hydrogen-bond acceptors (Lipinski definition) is 4. The van der Waals surface area contributed by atoms with Crippen molar-refractivity contribution in [1.29, 1.82) is 0 Å². The van der Waals surface area contributed by atoms with Crippen LogP contribution in [0.15, 0.2) is 17.6 Å². The maximum atomic E-state index is 11.7. The molecule has 0 spiro atoms. The number of carbonyl (C=O) groups is 1. The summed E-state index contributed by atoms with van der Waals surface area (Å²) in [6, 6.07) is 0. The Kier molecular flexibility index (Phi) is 3.34. The fourth-order valence-electron chi connectivity index (χ4n) is 1.01. The fraction of sp³-hybridized carbons (Fsp3) is 0.500. The van der Waals surface area contributed by atoms with Gasteiger partial charge in [0.1, 0.15) is 5.54 Å². The lowest BCUT2D eigenvalue weighted by Crippen LogP contribution is -2.51. The van der Waals surface area contributed by atoms with Crippen LogP contribution in [0.25, 0.3) is 0 Å². The molecule has 0 bridgehead atoms. The van der Waals surface area contributed by atoms with E-state index in [0.29, 0.717) is 0 Å². The van der Waals surface area contributed by atoms with Crippen LogP contribution in [0.2, 0.25) is 0 Å². The number of hydrogen-bond donors (Lipinski definition) is 3. The molecule has 1 heterocycles. The minimum Gasteiger partial charge on any atom is -0.480 e. The largest absolute Gasteiger partial charge is 0.480 e. The molecule has 16 heavy (non-hydrogen) atoms. The van der Waals surface area contributed by atoms with Crippen molar-refractivity contribution < 1.29 is 18.3 Å². The Bertz CT molecular complexity index is 467. The van der Waals surface area contributed by atoms with Gasteiger partial charge in [0.2, 0.25) is 0 Å². The summed E-state index contributed by atoms with van der Waals surface area (Å²) in [6.45, 7) is 2.90.